The average Bonchev–Trinajstić information content (AvgIpc) is 2.58. The predicted octanol–water partition coefficient (Wildman–Crippen LogP) is 3.60. The zero-order valence-corrected chi connectivity index (χ0v) is 16.0. The topological polar surface area (TPSA) is 72.2 Å². The number of nitrogens with two attached hydrogens (primary N) is 1. The monoisotopic (exact) mass is 372 g/mol. The van der Waals surface area contributed by atoms with Gasteiger partial charge in [0.05, 0.1) is 11.3 Å². The van der Waals surface area contributed by atoms with Crippen LogP contribution in [0.15, 0.2) is 29.2 Å². The van der Waals surface area contributed by atoms with E-state index in [0.717, 1.165) is 35.6 Å². The lowest BCUT2D eigenvalue weighted by Gasteiger charge is -2.57. The van der Waals surface area contributed by atoms with E-state index in [1.807, 2.05) is 24.3 Å². The minimum absolute atomic E-state index is 0.0395. The molecule has 0 aromatic heterocycles. The summed E-state index contributed by atoms with van der Waals surface area (Å²) in [6.07, 6.45) is 9.60. The highest BCUT2D eigenvalue weighted by atomic mass is 32.2. The zero-order valence-electron chi connectivity index (χ0n) is 15.2. The molecule has 2 amide bonds. The Hall–Kier alpha value is -1.49. The van der Waals surface area contributed by atoms with Gasteiger partial charge < -0.3 is 11.1 Å². The number of benzene rings is 1. The van der Waals surface area contributed by atoms with Gasteiger partial charge in [0.25, 0.3) is 5.91 Å². The van der Waals surface area contributed by atoms with E-state index in [9.17, 15) is 9.59 Å². The molecule has 0 atom stereocenters. The van der Waals surface area contributed by atoms with Crippen molar-refractivity contribution in [3.05, 3.63) is 29.8 Å². The van der Waals surface area contributed by atoms with E-state index in [0.29, 0.717) is 11.0 Å². The minimum Gasteiger partial charge on any atom is -0.369 e. The van der Waals surface area contributed by atoms with E-state index < -0.39 is 0 Å². The highest BCUT2D eigenvalue weighted by Gasteiger charge is 2.50. The molecule has 5 rings (SSSR count). The van der Waals surface area contributed by atoms with Crippen LogP contribution in [0.3, 0.4) is 0 Å². The Labute approximate surface area is 159 Å². The van der Waals surface area contributed by atoms with Crippen LogP contribution in [0.2, 0.25) is 0 Å². The van der Waals surface area contributed by atoms with Crippen molar-refractivity contribution < 1.29 is 9.59 Å². The molecule has 0 aliphatic heterocycles. The third-order valence-corrected chi connectivity index (χ3v) is 7.70. The lowest BCUT2D eigenvalue weighted by molar-refractivity contribution is -0.115. The smallest absolute Gasteiger partial charge is 0.252 e. The predicted molar refractivity (Wildman–Crippen MR) is 104 cm³/mol. The fourth-order valence-corrected chi connectivity index (χ4v) is 6.85. The molecule has 4 fully saturated rings. The summed E-state index contributed by atoms with van der Waals surface area (Å²) in [6.45, 7) is 0.750. The number of amides is 2. The number of nitrogens with one attached hydrogen (secondary N) is 1. The molecule has 3 N–H and O–H groups in total. The maximum absolute atomic E-state index is 12.7. The molecule has 4 nitrogen and oxygen atoms in total. The van der Waals surface area contributed by atoms with E-state index >= 15 is 0 Å². The van der Waals surface area contributed by atoms with Crippen molar-refractivity contribution in [1.82, 2.24) is 5.32 Å². The molecule has 140 valence electrons. The highest BCUT2D eigenvalue weighted by Crippen LogP contribution is 2.61. The molecule has 1 aromatic rings. The van der Waals surface area contributed by atoms with Crippen LogP contribution in [-0.4, -0.2) is 24.1 Å². The molecular weight excluding hydrogens is 344 g/mol. The van der Waals surface area contributed by atoms with Gasteiger partial charge in [-0.3, -0.25) is 9.59 Å². The first-order valence-electron chi connectivity index (χ1n) is 9.81. The standard InChI is InChI=1S/C21H28N2O2S/c22-19(24)13-26-18-4-2-1-3-17(18)20(25)23-6-5-21-10-14-7-15(11-21)9-16(8-14)12-21/h1-4,14-16H,5-13H2,(H2,22,24)(H,23,25). The Kier molecular flexibility index (Phi) is 5.00. The lowest BCUT2D eigenvalue weighted by Crippen LogP contribution is -2.47. The molecule has 0 unspecified atom stereocenters. The number of carbonyl (C=O) groups is 2. The maximum atomic E-state index is 12.7. The molecular formula is C21H28N2O2S. The summed E-state index contributed by atoms with van der Waals surface area (Å²) in [5.41, 5.74) is 6.36. The summed E-state index contributed by atoms with van der Waals surface area (Å²) < 4.78 is 0. The summed E-state index contributed by atoms with van der Waals surface area (Å²) in [7, 11) is 0. The second kappa shape index (κ2) is 7.26. The van der Waals surface area contributed by atoms with Crippen LogP contribution in [0, 0.1) is 23.2 Å². The van der Waals surface area contributed by atoms with Crippen LogP contribution in [0.4, 0.5) is 0 Å². The van der Waals surface area contributed by atoms with Gasteiger partial charge in [0.1, 0.15) is 0 Å². The van der Waals surface area contributed by atoms with Crippen molar-refractivity contribution in [2.45, 2.75) is 49.8 Å². The summed E-state index contributed by atoms with van der Waals surface area (Å²) in [6, 6.07) is 7.45. The van der Waals surface area contributed by atoms with E-state index in [1.165, 1.54) is 50.3 Å². The van der Waals surface area contributed by atoms with Crippen LogP contribution >= 0.6 is 11.8 Å². The molecule has 5 heteroatoms. The Morgan fingerprint density at radius 1 is 1.08 bits per heavy atom. The highest BCUT2D eigenvalue weighted by molar-refractivity contribution is 8.00. The average molecular weight is 373 g/mol. The third-order valence-electron chi connectivity index (χ3n) is 6.61. The molecule has 0 radical (unpaired) electrons. The molecule has 0 saturated heterocycles. The number of rotatable bonds is 7. The first-order valence-corrected chi connectivity index (χ1v) is 10.8. The van der Waals surface area contributed by atoms with E-state index in [1.54, 1.807) is 0 Å². The Morgan fingerprint density at radius 3 is 2.31 bits per heavy atom. The van der Waals surface area contributed by atoms with Crippen molar-refractivity contribution in [3.8, 4) is 0 Å². The fourth-order valence-electron chi connectivity index (χ4n) is 6.06. The summed E-state index contributed by atoms with van der Waals surface area (Å²) >= 11 is 1.33. The first kappa shape index (κ1) is 17.9. The van der Waals surface area contributed by atoms with Crippen molar-refractivity contribution >= 4 is 23.6 Å². The molecule has 4 aliphatic rings. The molecule has 4 aliphatic carbocycles. The second-order valence-corrected chi connectivity index (χ2v) is 9.69. The normalized spacial score (nSPS) is 31.8. The van der Waals surface area contributed by atoms with Gasteiger partial charge in [-0.1, -0.05) is 12.1 Å². The van der Waals surface area contributed by atoms with Gasteiger partial charge in [-0.05, 0) is 80.2 Å². The van der Waals surface area contributed by atoms with Crippen LogP contribution < -0.4 is 11.1 Å². The van der Waals surface area contributed by atoms with Gasteiger partial charge in [-0.2, -0.15) is 0 Å². The van der Waals surface area contributed by atoms with E-state index in [-0.39, 0.29) is 17.6 Å². The second-order valence-electron chi connectivity index (χ2n) is 8.67. The quantitative estimate of drug-likeness (QED) is 0.718. The number of primary amides is 1. The number of carbonyl (C=O) groups excluding carboxylic acids is 2. The molecule has 26 heavy (non-hydrogen) atoms. The van der Waals surface area contributed by atoms with Crippen molar-refractivity contribution in [1.29, 1.82) is 0 Å². The van der Waals surface area contributed by atoms with Gasteiger partial charge in [-0.15, -0.1) is 11.8 Å². The Balaban J connectivity index is 1.34. The zero-order chi connectivity index (χ0) is 18.1. The van der Waals surface area contributed by atoms with Crippen molar-refractivity contribution in [2.24, 2.45) is 28.9 Å². The van der Waals surface area contributed by atoms with Crippen molar-refractivity contribution in [2.75, 3.05) is 12.3 Å². The number of hydrogen-bond acceptors (Lipinski definition) is 3. The SMILES string of the molecule is NC(=O)CSc1ccccc1C(=O)NCCC12CC3CC(CC(C3)C1)C2. The summed E-state index contributed by atoms with van der Waals surface area (Å²) in [5, 5.41) is 3.13. The van der Waals surface area contributed by atoms with E-state index in [2.05, 4.69) is 5.32 Å². The Morgan fingerprint density at radius 2 is 1.69 bits per heavy atom. The van der Waals surface area contributed by atoms with Gasteiger partial charge in [0.2, 0.25) is 5.91 Å². The Bertz CT molecular complexity index is 668. The fraction of sp³-hybridized carbons (Fsp3) is 0.619. The molecule has 1 aromatic carbocycles. The molecule has 4 saturated carbocycles. The third kappa shape index (κ3) is 3.78. The van der Waals surface area contributed by atoms with Crippen LogP contribution in [-0.2, 0) is 4.79 Å². The lowest BCUT2D eigenvalue weighted by atomic mass is 9.49. The minimum atomic E-state index is -0.368. The van der Waals surface area contributed by atoms with Crippen LogP contribution in [0.25, 0.3) is 0 Å². The van der Waals surface area contributed by atoms with Crippen LogP contribution in [0.1, 0.15) is 55.3 Å². The van der Waals surface area contributed by atoms with Crippen LogP contribution in [0.5, 0.6) is 0 Å². The van der Waals surface area contributed by atoms with Crippen molar-refractivity contribution in [3.63, 3.8) is 0 Å². The molecule has 0 heterocycles. The number of hydrogen-bond donors (Lipinski definition) is 2. The summed E-state index contributed by atoms with van der Waals surface area (Å²) in [4.78, 5) is 24.5. The summed E-state index contributed by atoms with van der Waals surface area (Å²) in [5.74, 6) is 2.63. The number of thioether (sulfide) groups is 1. The van der Waals surface area contributed by atoms with Gasteiger partial charge in [0.15, 0.2) is 0 Å². The first-order chi connectivity index (χ1) is 12.5. The van der Waals surface area contributed by atoms with Gasteiger partial charge in [0, 0.05) is 11.4 Å². The van der Waals surface area contributed by atoms with Gasteiger partial charge >= 0.3 is 0 Å². The molecule has 4 bridgehead atoms. The maximum Gasteiger partial charge on any atom is 0.252 e. The van der Waals surface area contributed by atoms with E-state index in [4.69, 9.17) is 5.73 Å². The molecule has 0 spiro atoms. The largest absolute Gasteiger partial charge is 0.369 e. The van der Waals surface area contributed by atoms with Gasteiger partial charge in [-0.25, -0.2) is 0 Å².